The van der Waals surface area contributed by atoms with Crippen molar-refractivity contribution in [2.45, 2.75) is 24.6 Å². The molecule has 54 valence electrons. The minimum Gasteiger partial charge on any atom is -0.381 e. The van der Waals surface area contributed by atoms with E-state index in [0.29, 0.717) is 4.83 Å². The maximum atomic E-state index is 5.23. The molecule has 1 aliphatic heterocycles. The highest BCUT2D eigenvalue weighted by Gasteiger charge is 2.17. The highest BCUT2D eigenvalue weighted by molar-refractivity contribution is 9.09. The molecule has 2 heteroatoms. The predicted molar refractivity (Wildman–Crippen MR) is 41.9 cm³/mol. The lowest BCUT2D eigenvalue weighted by molar-refractivity contribution is 0.0674. The molecule has 1 aliphatic rings. The van der Waals surface area contributed by atoms with Crippen molar-refractivity contribution in [3.63, 3.8) is 0 Å². The highest BCUT2D eigenvalue weighted by atomic mass is 79.9. The first-order chi connectivity index (χ1) is 4.30. The number of ether oxygens (including phenoxy) is 1. The van der Waals surface area contributed by atoms with Crippen molar-refractivity contribution in [3.8, 4) is 0 Å². The van der Waals surface area contributed by atoms with Crippen molar-refractivity contribution in [2.24, 2.45) is 5.92 Å². The van der Waals surface area contributed by atoms with E-state index in [1.807, 2.05) is 0 Å². The molecular weight excluding hydrogens is 180 g/mol. The zero-order chi connectivity index (χ0) is 6.69. The fourth-order valence-electron chi connectivity index (χ4n) is 1.18. The van der Waals surface area contributed by atoms with Crippen molar-refractivity contribution in [1.29, 1.82) is 0 Å². The van der Waals surface area contributed by atoms with E-state index >= 15 is 0 Å². The second-order valence-electron chi connectivity index (χ2n) is 2.63. The quantitative estimate of drug-likeness (QED) is 0.580. The van der Waals surface area contributed by atoms with E-state index in [1.165, 1.54) is 12.8 Å². The molecule has 0 radical (unpaired) electrons. The van der Waals surface area contributed by atoms with Gasteiger partial charge in [-0.3, -0.25) is 0 Å². The van der Waals surface area contributed by atoms with E-state index in [4.69, 9.17) is 4.74 Å². The van der Waals surface area contributed by atoms with E-state index < -0.39 is 0 Å². The lowest BCUT2D eigenvalue weighted by Gasteiger charge is -2.23. The summed E-state index contributed by atoms with van der Waals surface area (Å²) in [4.78, 5) is 0.668. The van der Waals surface area contributed by atoms with Crippen LogP contribution >= 0.6 is 15.9 Å². The average Bonchev–Trinajstić information content (AvgIpc) is 1.90. The Morgan fingerprint density at radius 1 is 1.44 bits per heavy atom. The van der Waals surface area contributed by atoms with E-state index in [2.05, 4.69) is 22.9 Å². The second-order valence-corrected chi connectivity index (χ2v) is 4.07. The van der Waals surface area contributed by atoms with Crippen LogP contribution in [0, 0.1) is 5.92 Å². The van der Waals surface area contributed by atoms with Crippen molar-refractivity contribution in [2.75, 3.05) is 13.2 Å². The summed E-state index contributed by atoms with van der Waals surface area (Å²) >= 11 is 3.58. The molecule has 1 rings (SSSR count). The molecule has 1 nitrogen and oxygen atoms in total. The molecular formula is C7H13BrO. The molecule has 9 heavy (non-hydrogen) atoms. The summed E-state index contributed by atoms with van der Waals surface area (Å²) in [5.41, 5.74) is 0. The molecule has 0 saturated carbocycles. The van der Waals surface area contributed by atoms with E-state index in [9.17, 15) is 0 Å². The Morgan fingerprint density at radius 3 is 2.33 bits per heavy atom. The van der Waals surface area contributed by atoms with Gasteiger partial charge in [-0.15, -0.1) is 0 Å². The van der Waals surface area contributed by atoms with Crippen LogP contribution in [-0.4, -0.2) is 18.0 Å². The van der Waals surface area contributed by atoms with Crippen molar-refractivity contribution >= 4 is 15.9 Å². The summed E-state index contributed by atoms with van der Waals surface area (Å²) in [6.45, 7) is 4.14. The molecule has 0 aromatic rings. The second kappa shape index (κ2) is 3.57. The third kappa shape index (κ3) is 2.26. The van der Waals surface area contributed by atoms with Crippen molar-refractivity contribution in [3.05, 3.63) is 0 Å². The number of hydrogen-bond donors (Lipinski definition) is 0. The van der Waals surface area contributed by atoms with Gasteiger partial charge in [0.2, 0.25) is 0 Å². The van der Waals surface area contributed by atoms with Crippen LogP contribution in [-0.2, 0) is 4.74 Å². The summed E-state index contributed by atoms with van der Waals surface area (Å²) in [6.07, 6.45) is 2.46. The van der Waals surface area contributed by atoms with Gasteiger partial charge >= 0.3 is 0 Å². The summed E-state index contributed by atoms with van der Waals surface area (Å²) in [5.74, 6) is 0.846. The molecule has 0 bridgehead atoms. The first kappa shape index (κ1) is 7.55. The number of halogens is 1. The molecule has 0 aromatic heterocycles. The number of hydrogen-bond acceptors (Lipinski definition) is 1. The minimum absolute atomic E-state index is 0.668. The van der Waals surface area contributed by atoms with Crippen LogP contribution in [0.4, 0.5) is 0 Å². The van der Waals surface area contributed by atoms with Gasteiger partial charge in [-0.05, 0) is 18.8 Å². The zero-order valence-corrected chi connectivity index (χ0v) is 7.36. The summed E-state index contributed by atoms with van der Waals surface area (Å²) in [7, 11) is 0. The Labute approximate surface area is 64.9 Å². The zero-order valence-electron chi connectivity index (χ0n) is 5.77. The number of alkyl halides is 1. The number of rotatable bonds is 1. The van der Waals surface area contributed by atoms with Crippen LogP contribution in [0.25, 0.3) is 0 Å². The van der Waals surface area contributed by atoms with Gasteiger partial charge in [0.15, 0.2) is 0 Å². The topological polar surface area (TPSA) is 9.23 Å². The fourth-order valence-corrected chi connectivity index (χ4v) is 1.70. The molecule has 1 fully saturated rings. The van der Waals surface area contributed by atoms with Crippen LogP contribution in [0.5, 0.6) is 0 Å². The Morgan fingerprint density at radius 2 is 2.00 bits per heavy atom. The smallest absolute Gasteiger partial charge is 0.0469 e. The molecule has 0 N–H and O–H groups in total. The standard InChI is InChI=1S/C7H13BrO/c1-6(8)7-2-4-9-5-3-7/h6-7H,2-5H2,1H3/t6-/m0/s1. The molecule has 0 amide bonds. The molecule has 1 atom stereocenters. The SMILES string of the molecule is C[C@H](Br)C1CCOCC1. The lowest BCUT2D eigenvalue weighted by Crippen LogP contribution is -2.21. The maximum Gasteiger partial charge on any atom is 0.0469 e. The maximum absolute atomic E-state index is 5.23. The Bertz CT molecular complexity index is 77.0. The van der Waals surface area contributed by atoms with Gasteiger partial charge in [-0.25, -0.2) is 0 Å². The van der Waals surface area contributed by atoms with Gasteiger partial charge < -0.3 is 4.74 Å². The normalized spacial score (nSPS) is 26.0. The van der Waals surface area contributed by atoms with Gasteiger partial charge in [-0.1, -0.05) is 22.9 Å². The minimum atomic E-state index is 0.668. The summed E-state index contributed by atoms with van der Waals surface area (Å²) in [5, 5.41) is 0. The highest BCUT2D eigenvalue weighted by Crippen LogP contribution is 2.23. The third-order valence-electron chi connectivity index (χ3n) is 1.92. The monoisotopic (exact) mass is 192 g/mol. The molecule has 0 aliphatic carbocycles. The first-order valence-electron chi connectivity index (χ1n) is 3.52. The molecule has 1 heterocycles. The summed E-state index contributed by atoms with van der Waals surface area (Å²) < 4.78 is 5.23. The van der Waals surface area contributed by atoms with E-state index in [-0.39, 0.29) is 0 Å². The van der Waals surface area contributed by atoms with Crippen LogP contribution in [0.15, 0.2) is 0 Å². The first-order valence-corrected chi connectivity index (χ1v) is 4.44. The molecule has 0 unspecified atom stereocenters. The van der Waals surface area contributed by atoms with E-state index in [0.717, 1.165) is 19.1 Å². The Kier molecular flexibility index (Phi) is 2.99. The van der Waals surface area contributed by atoms with Gasteiger partial charge in [0.25, 0.3) is 0 Å². The lowest BCUT2D eigenvalue weighted by atomic mass is 9.98. The van der Waals surface area contributed by atoms with Crippen LogP contribution in [0.3, 0.4) is 0 Å². The average molecular weight is 193 g/mol. The molecule has 0 aromatic carbocycles. The van der Waals surface area contributed by atoms with Gasteiger partial charge in [0.05, 0.1) is 0 Å². The molecule has 1 saturated heterocycles. The fraction of sp³-hybridized carbons (Fsp3) is 1.00. The van der Waals surface area contributed by atoms with Gasteiger partial charge in [0, 0.05) is 18.0 Å². The largest absolute Gasteiger partial charge is 0.381 e. The van der Waals surface area contributed by atoms with Crippen LogP contribution in [0.2, 0.25) is 0 Å². The van der Waals surface area contributed by atoms with Crippen molar-refractivity contribution < 1.29 is 4.74 Å². The van der Waals surface area contributed by atoms with Crippen LogP contribution < -0.4 is 0 Å². The van der Waals surface area contributed by atoms with Crippen molar-refractivity contribution in [1.82, 2.24) is 0 Å². The van der Waals surface area contributed by atoms with E-state index in [1.54, 1.807) is 0 Å². The molecule has 0 spiro atoms. The Hall–Kier alpha value is 0.440. The predicted octanol–water partition coefficient (Wildman–Crippen LogP) is 2.20. The Balaban J connectivity index is 2.23. The van der Waals surface area contributed by atoms with Crippen LogP contribution in [0.1, 0.15) is 19.8 Å². The summed E-state index contributed by atoms with van der Waals surface area (Å²) in [6, 6.07) is 0. The van der Waals surface area contributed by atoms with Gasteiger partial charge in [-0.2, -0.15) is 0 Å². The van der Waals surface area contributed by atoms with Gasteiger partial charge in [0.1, 0.15) is 0 Å². The third-order valence-corrected chi connectivity index (χ3v) is 2.66.